The third-order valence-corrected chi connectivity index (χ3v) is 3.11. The lowest BCUT2D eigenvalue weighted by atomic mass is 9.87. The second-order valence-electron chi connectivity index (χ2n) is 6.28. The highest BCUT2D eigenvalue weighted by Crippen LogP contribution is 2.22. The molecule has 1 N–H and O–H groups in total. The Labute approximate surface area is 112 Å². The van der Waals surface area contributed by atoms with E-state index in [1.165, 1.54) is 17.5 Å². The highest BCUT2D eigenvalue weighted by Gasteiger charge is 2.12. The molecule has 0 aliphatic rings. The summed E-state index contributed by atoms with van der Waals surface area (Å²) in [6.45, 7) is 9.96. The maximum absolute atomic E-state index is 3.49. The van der Waals surface area contributed by atoms with Crippen LogP contribution in [0.15, 0.2) is 24.3 Å². The molecule has 0 spiro atoms. The molecule has 2 heteroatoms. The van der Waals surface area contributed by atoms with Gasteiger partial charge in [-0.15, -0.1) is 0 Å². The average Bonchev–Trinajstić information content (AvgIpc) is 2.27. The molecule has 0 heterocycles. The van der Waals surface area contributed by atoms with Crippen molar-refractivity contribution in [3.63, 3.8) is 0 Å². The standard InChI is InChI=1S/C16H28N2/c1-16(2,3)15-9-7-14(8-10-15)13-17-11-6-12-18(4)5/h7-10,17H,6,11-13H2,1-5H3. The zero-order chi connectivity index (χ0) is 13.6. The van der Waals surface area contributed by atoms with E-state index < -0.39 is 0 Å². The normalized spacial score (nSPS) is 12.1. The first-order valence-electron chi connectivity index (χ1n) is 6.84. The van der Waals surface area contributed by atoms with Crippen LogP contribution in [0.5, 0.6) is 0 Å². The predicted octanol–water partition coefficient (Wildman–Crippen LogP) is 3.03. The molecule has 0 saturated heterocycles. The van der Waals surface area contributed by atoms with Crippen molar-refractivity contribution in [2.75, 3.05) is 27.2 Å². The molecule has 0 aliphatic heterocycles. The lowest BCUT2D eigenvalue weighted by Gasteiger charge is -2.19. The Morgan fingerprint density at radius 3 is 2.17 bits per heavy atom. The van der Waals surface area contributed by atoms with E-state index in [0.717, 1.165) is 19.6 Å². The smallest absolute Gasteiger partial charge is 0.0205 e. The monoisotopic (exact) mass is 248 g/mol. The zero-order valence-corrected chi connectivity index (χ0v) is 12.6. The molecule has 1 aromatic rings. The van der Waals surface area contributed by atoms with Crippen LogP contribution < -0.4 is 5.32 Å². The molecule has 0 fully saturated rings. The molecule has 18 heavy (non-hydrogen) atoms. The van der Waals surface area contributed by atoms with Crippen molar-refractivity contribution in [2.24, 2.45) is 0 Å². The van der Waals surface area contributed by atoms with Crippen LogP contribution in [-0.4, -0.2) is 32.1 Å². The number of nitrogens with zero attached hydrogens (tertiary/aromatic N) is 1. The molecule has 102 valence electrons. The molecule has 0 atom stereocenters. The fourth-order valence-corrected chi connectivity index (χ4v) is 1.88. The Balaban J connectivity index is 2.31. The van der Waals surface area contributed by atoms with Gasteiger partial charge in [0.05, 0.1) is 0 Å². The van der Waals surface area contributed by atoms with Gasteiger partial charge in [0.2, 0.25) is 0 Å². The molecule has 0 bridgehead atoms. The van der Waals surface area contributed by atoms with Crippen LogP contribution in [0.1, 0.15) is 38.3 Å². The van der Waals surface area contributed by atoms with Crippen LogP contribution in [0, 0.1) is 0 Å². The number of hydrogen-bond acceptors (Lipinski definition) is 2. The number of hydrogen-bond donors (Lipinski definition) is 1. The van der Waals surface area contributed by atoms with Crippen LogP contribution in [0.2, 0.25) is 0 Å². The summed E-state index contributed by atoms with van der Waals surface area (Å²) < 4.78 is 0. The predicted molar refractivity (Wildman–Crippen MR) is 80.0 cm³/mol. The van der Waals surface area contributed by atoms with E-state index in [1.807, 2.05) is 0 Å². The Hall–Kier alpha value is -0.860. The van der Waals surface area contributed by atoms with Gasteiger partial charge < -0.3 is 10.2 Å². The summed E-state index contributed by atoms with van der Waals surface area (Å²) in [5.74, 6) is 0. The molecule has 1 aromatic carbocycles. The van der Waals surface area contributed by atoms with Gasteiger partial charge in [-0.3, -0.25) is 0 Å². The summed E-state index contributed by atoms with van der Waals surface area (Å²) in [4.78, 5) is 2.22. The molecule has 2 nitrogen and oxygen atoms in total. The van der Waals surface area contributed by atoms with E-state index in [1.54, 1.807) is 0 Å². The Morgan fingerprint density at radius 2 is 1.67 bits per heavy atom. The van der Waals surface area contributed by atoms with E-state index in [4.69, 9.17) is 0 Å². The summed E-state index contributed by atoms with van der Waals surface area (Å²) in [7, 11) is 4.23. The zero-order valence-electron chi connectivity index (χ0n) is 12.6. The van der Waals surface area contributed by atoms with E-state index in [2.05, 4.69) is 69.3 Å². The van der Waals surface area contributed by atoms with Gasteiger partial charge in [0.15, 0.2) is 0 Å². The van der Waals surface area contributed by atoms with Gasteiger partial charge >= 0.3 is 0 Å². The van der Waals surface area contributed by atoms with E-state index in [0.29, 0.717) is 0 Å². The lowest BCUT2D eigenvalue weighted by Crippen LogP contribution is -2.21. The SMILES string of the molecule is CN(C)CCCNCc1ccc(C(C)(C)C)cc1. The molecule has 0 aromatic heterocycles. The Kier molecular flexibility index (Phi) is 5.83. The van der Waals surface area contributed by atoms with Crippen molar-refractivity contribution in [3.05, 3.63) is 35.4 Å². The van der Waals surface area contributed by atoms with Crippen molar-refractivity contribution < 1.29 is 0 Å². The highest BCUT2D eigenvalue weighted by atomic mass is 15.0. The summed E-state index contributed by atoms with van der Waals surface area (Å²) in [5, 5.41) is 3.49. The molecule has 0 unspecified atom stereocenters. The van der Waals surface area contributed by atoms with Crippen molar-refractivity contribution in [1.82, 2.24) is 10.2 Å². The van der Waals surface area contributed by atoms with E-state index >= 15 is 0 Å². The van der Waals surface area contributed by atoms with Gasteiger partial charge in [-0.1, -0.05) is 45.0 Å². The second-order valence-corrected chi connectivity index (χ2v) is 6.28. The van der Waals surface area contributed by atoms with Gasteiger partial charge in [0.25, 0.3) is 0 Å². The molecule has 0 radical (unpaired) electrons. The van der Waals surface area contributed by atoms with E-state index in [9.17, 15) is 0 Å². The van der Waals surface area contributed by atoms with Gasteiger partial charge in [0.1, 0.15) is 0 Å². The molecule has 0 aliphatic carbocycles. The maximum Gasteiger partial charge on any atom is 0.0205 e. The quantitative estimate of drug-likeness (QED) is 0.779. The fraction of sp³-hybridized carbons (Fsp3) is 0.625. The molecular weight excluding hydrogens is 220 g/mol. The average molecular weight is 248 g/mol. The first-order valence-corrected chi connectivity index (χ1v) is 6.84. The third-order valence-electron chi connectivity index (χ3n) is 3.11. The molecule has 0 saturated carbocycles. The molecular formula is C16H28N2. The summed E-state index contributed by atoms with van der Waals surface area (Å²) in [5.41, 5.74) is 3.02. The minimum atomic E-state index is 0.248. The van der Waals surface area contributed by atoms with Crippen LogP contribution in [-0.2, 0) is 12.0 Å². The third kappa shape index (κ3) is 5.65. The number of benzene rings is 1. The van der Waals surface area contributed by atoms with Crippen LogP contribution in [0.3, 0.4) is 0 Å². The van der Waals surface area contributed by atoms with Gasteiger partial charge in [-0.2, -0.15) is 0 Å². The van der Waals surface area contributed by atoms with Crippen LogP contribution in [0.4, 0.5) is 0 Å². The largest absolute Gasteiger partial charge is 0.313 e. The van der Waals surface area contributed by atoms with Crippen molar-refractivity contribution in [1.29, 1.82) is 0 Å². The summed E-state index contributed by atoms with van der Waals surface area (Å²) >= 11 is 0. The van der Waals surface area contributed by atoms with E-state index in [-0.39, 0.29) is 5.41 Å². The van der Waals surface area contributed by atoms with Crippen molar-refractivity contribution in [3.8, 4) is 0 Å². The minimum absolute atomic E-state index is 0.248. The molecule has 0 amide bonds. The second kappa shape index (κ2) is 6.91. The summed E-state index contributed by atoms with van der Waals surface area (Å²) in [6, 6.07) is 8.97. The first kappa shape index (κ1) is 15.2. The maximum atomic E-state index is 3.49. The molecule has 1 rings (SSSR count). The Bertz CT molecular complexity index is 333. The summed E-state index contributed by atoms with van der Waals surface area (Å²) in [6.07, 6.45) is 1.20. The Morgan fingerprint density at radius 1 is 1.06 bits per heavy atom. The highest BCUT2D eigenvalue weighted by molar-refractivity contribution is 5.27. The van der Waals surface area contributed by atoms with Gasteiger partial charge in [0, 0.05) is 6.54 Å². The number of rotatable bonds is 6. The van der Waals surface area contributed by atoms with Crippen molar-refractivity contribution in [2.45, 2.75) is 39.2 Å². The topological polar surface area (TPSA) is 15.3 Å². The van der Waals surface area contributed by atoms with Gasteiger partial charge in [-0.05, 0) is 50.1 Å². The van der Waals surface area contributed by atoms with Crippen molar-refractivity contribution >= 4 is 0 Å². The minimum Gasteiger partial charge on any atom is -0.313 e. The first-order chi connectivity index (χ1) is 8.39. The number of nitrogens with one attached hydrogen (secondary N) is 1. The lowest BCUT2D eigenvalue weighted by molar-refractivity contribution is 0.394. The van der Waals surface area contributed by atoms with Crippen LogP contribution in [0.25, 0.3) is 0 Å². The van der Waals surface area contributed by atoms with Gasteiger partial charge in [-0.25, -0.2) is 0 Å². The van der Waals surface area contributed by atoms with Crippen LogP contribution >= 0.6 is 0 Å². The fourth-order valence-electron chi connectivity index (χ4n) is 1.88.